The molecule has 0 atom stereocenters. The molecule has 1 heterocycles. The molecule has 0 bridgehead atoms. The molecule has 1 amide bonds. The Morgan fingerprint density at radius 3 is 2.53 bits per heavy atom. The minimum absolute atomic E-state index is 0.109. The van der Waals surface area contributed by atoms with Crippen molar-refractivity contribution in [2.45, 2.75) is 65.8 Å². The molecule has 1 aliphatic rings. The van der Waals surface area contributed by atoms with E-state index >= 15 is 0 Å². The second-order valence-electron chi connectivity index (χ2n) is 8.00. The first kappa shape index (κ1) is 21.8. The Morgan fingerprint density at radius 2 is 1.87 bits per heavy atom. The molecule has 2 aromatic rings. The van der Waals surface area contributed by atoms with Crippen molar-refractivity contribution in [3.8, 4) is 5.75 Å². The number of nitrogens with one attached hydrogen (secondary N) is 1. The minimum atomic E-state index is -0.497. The van der Waals surface area contributed by atoms with E-state index in [4.69, 9.17) is 4.74 Å². The number of anilines is 1. The SMILES string of the molecule is CCc1c(C)cc(C(=O)Nc2ccccc2OC(C)=O)c(=O)n1CC1CCCCC1. The number of nitrogens with zero attached hydrogens (tertiary/aromatic N) is 1. The molecule has 1 aromatic heterocycles. The first-order valence-electron chi connectivity index (χ1n) is 10.7. The Labute approximate surface area is 177 Å². The number of hydrogen-bond acceptors (Lipinski definition) is 4. The van der Waals surface area contributed by atoms with E-state index in [1.807, 2.05) is 13.8 Å². The first-order valence-corrected chi connectivity index (χ1v) is 10.7. The van der Waals surface area contributed by atoms with Crippen molar-refractivity contribution >= 4 is 17.6 Å². The number of esters is 1. The summed E-state index contributed by atoms with van der Waals surface area (Å²) in [7, 11) is 0. The van der Waals surface area contributed by atoms with Gasteiger partial charge in [-0.15, -0.1) is 0 Å². The molecule has 0 spiro atoms. The van der Waals surface area contributed by atoms with Gasteiger partial charge >= 0.3 is 5.97 Å². The van der Waals surface area contributed by atoms with E-state index in [0.717, 1.165) is 30.5 Å². The van der Waals surface area contributed by atoms with Crippen LogP contribution in [0.5, 0.6) is 5.75 Å². The Bertz CT molecular complexity index is 987. The highest BCUT2D eigenvalue weighted by Gasteiger charge is 2.21. The van der Waals surface area contributed by atoms with Crippen LogP contribution >= 0.6 is 0 Å². The van der Waals surface area contributed by atoms with Gasteiger partial charge in [-0.3, -0.25) is 14.4 Å². The number of ether oxygens (including phenoxy) is 1. The predicted molar refractivity (Wildman–Crippen MR) is 117 cm³/mol. The van der Waals surface area contributed by atoms with Gasteiger partial charge in [0.15, 0.2) is 5.75 Å². The zero-order valence-electron chi connectivity index (χ0n) is 18.0. The number of pyridine rings is 1. The summed E-state index contributed by atoms with van der Waals surface area (Å²) in [4.78, 5) is 37.6. The fraction of sp³-hybridized carbons (Fsp3) is 0.458. The van der Waals surface area contributed by atoms with Crippen LogP contribution in [0.15, 0.2) is 35.1 Å². The maximum atomic E-state index is 13.3. The number of amides is 1. The molecule has 1 N–H and O–H groups in total. The van der Waals surface area contributed by atoms with Crippen molar-refractivity contribution in [2.24, 2.45) is 5.92 Å². The van der Waals surface area contributed by atoms with Crippen LogP contribution in [0.4, 0.5) is 5.69 Å². The van der Waals surface area contributed by atoms with E-state index in [2.05, 4.69) is 5.32 Å². The Balaban J connectivity index is 1.93. The third kappa shape index (κ3) is 4.99. The van der Waals surface area contributed by atoms with Gasteiger partial charge in [-0.2, -0.15) is 0 Å². The fourth-order valence-electron chi connectivity index (χ4n) is 4.30. The lowest BCUT2D eigenvalue weighted by Crippen LogP contribution is -2.34. The van der Waals surface area contributed by atoms with Crippen LogP contribution in [-0.2, 0) is 17.8 Å². The molecule has 0 unspecified atom stereocenters. The number of para-hydroxylation sites is 2. The Hall–Kier alpha value is -2.89. The summed E-state index contributed by atoms with van der Waals surface area (Å²) in [5.74, 6) is -0.246. The highest BCUT2D eigenvalue weighted by atomic mass is 16.5. The van der Waals surface area contributed by atoms with E-state index in [1.165, 1.54) is 26.2 Å². The van der Waals surface area contributed by atoms with Gasteiger partial charge in [-0.25, -0.2) is 0 Å². The number of aryl methyl sites for hydroxylation is 1. The van der Waals surface area contributed by atoms with Gasteiger partial charge in [0.2, 0.25) is 0 Å². The summed E-state index contributed by atoms with van der Waals surface area (Å²) in [6, 6.07) is 8.36. The van der Waals surface area contributed by atoms with Gasteiger partial charge in [0.25, 0.3) is 11.5 Å². The van der Waals surface area contributed by atoms with Gasteiger partial charge in [-0.1, -0.05) is 38.3 Å². The molecule has 0 radical (unpaired) electrons. The van der Waals surface area contributed by atoms with Crippen LogP contribution in [0, 0.1) is 12.8 Å². The van der Waals surface area contributed by atoms with E-state index in [-0.39, 0.29) is 16.9 Å². The maximum Gasteiger partial charge on any atom is 0.308 e. The lowest BCUT2D eigenvalue weighted by atomic mass is 9.89. The average molecular weight is 411 g/mol. The van der Waals surface area contributed by atoms with Gasteiger partial charge in [0.1, 0.15) is 5.56 Å². The molecular formula is C24H30N2O4. The molecule has 6 nitrogen and oxygen atoms in total. The molecule has 0 aliphatic heterocycles. The molecule has 3 rings (SSSR count). The van der Waals surface area contributed by atoms with E-state index < -0.39 is 11.9 Å². The number of rotatable bonds is 6. The van der Waals surface area contributed by atoms with Crippen molar-refractivity contribution in [3.63, 3.8) is 0 Å². The van der Waals surface area contributed by atoms with Crippen molar-refractivity contribution in [1.82, 2.24) is 4.57 Å². The lowest BCUT2D eigenvalue weighted by Gasteiger charge is -2.25. The normalized spacial score (nSPS) is 14.4. The van der Waals surface area contributed by atoms with Gasteiger partial charge in [-0.05, 0) is 55.9 Å². The molecule has 1 saturated carbocycles. The summed E-state index contributed by atoms with van der Waals surface area (Å²) in [6.45, 7) is 5.94. The standard InChI is InChI=1S/C24H30N2O4/c1-4-21-16(2)14-19(24(29)26(21)15-18-10-6-5-7-11-18)23(28)25-20-12-8-9-13-22(20)30-17(3)27/h8-9,12-14,18H,4-7,10-11,15H2,1-3H3,(H,25,28). The van der Waals surface area contributed by atoms with E-state index in [1.54, 1.807) is 34.9 Å². The molecule has 0 saturated heterocycles. The van der Waals surface area contributed by atoms with Crippen LogP contribution in [-0.4, -0.2) is 16.4 Å². The van der Waals surface area contributed by atoms with E-state index in [9.17, 15) is 14.4 Å². The molecule has 160 valence electrons. The predicted octanol–water partition coefficient (Wildman–Crippen LogP) is 4.48. The Morgan fingerprint density at radius 1 is 1.17 bits per heavy atom. The van der Waals surface area contributed by atoms with E-state index in [0.29, 0.717) is 18.2 Å². The van der Waals surface area contributed by atoms with Gasteiger partial charge in [0.05, 0.1) is 5.69 Å². The third-order valence-electron chi connectivity index (χ3n) is 5.75. The van der Waals surface area contributed by atoms with Gasteiger partial charge < -0.3 is 14.6 Å². The highest BCUT2D eigenvalue weighted by molar-refractivity contribution is 6.05. The number of carbonyl (C=O) groups excluding carboxylic acids is 2. The summed E-state index contributed by atoms with van der Waals surface area (Å²) in [6.07, 6.45) is 6.65. The van der Waals surface area contributed by atoms with Crippen molar-refractivity contribution < 1.29 is 14.3 Å². The molecular weight excluding hydrogens is 380 g/mol. The maximum absolute atomic E-state index is 13.3. The van der Waals surface area contributed by atoms with Gasteiger partial charge in [0, 0.05) is 19.2 Å². The number of aromatic nitrogens is 1. The van der Waals surface area contributed by atoms with Crippen molar-refractivity contribution in [1.29, 1.82) is 0 Å². The monoisotopic (exact) mass is 410 g/mol. The largest absolute Gasteiger partial charge is 0.424 e. The zero-order valence-corrected chi connectivity index (χ0v) is 18.0. The van der Waals surface area contributed by atoms with Crippen LogP contribution in [0.2, 0.25) is 0 Å². The number of hydrogen-bond donors (Lipinski definition) is 1. The second-order valence-corrected chi connectivity index (χ2v) is 8.00. The molecule has 1 aliphatic carbocycles. The summed E-state index contributed by atoms with van der Waals surface area (Å²) < 4.78 is 6.96. The topological polar surface area (TPSA) is 77.4 Å². The summed E-state index contributed by atoms with van der Waals surface area (Å²) >= 11 is 0. The van der Waals surface area contributed by atoms with Crippen LogP contribution < -0.4 is 15.6 Å². The first-order chi connectivity index (χ1) is 14.4. The number of carbonyl (C=O) groups is 2. The average Bonchev–Trinajstić information content (AvgIpc) is 2.72. The van der Waals surface area contributed by atoms with Crippen LogP contribution in [0.1, 0.15) is 67.6 Å². The van der Waals surface area contributed by atoms with Crippen molar-refractivity contribution in [3.05, 3.63) is 57.5 Å². The summed E-state index contributed by atoms with van der Waals surface area (Å²) in [5.41, 5.74) is 2.13. The van der Waals surface area contributed by atoms with Crippen LogP contribution in [0.3, 0.4) is 0 Å². The van der Waals surface area contributed by atoms with Crippen LogP contribution in [0.25, 0.3) is 0 Å². The smallest absolute Gasteiger partial charge is 0.308 e. The van der Waals surface area contributed by atoms with Crippen molar-refractivity contribution in [2.75, 3.05) is 5.32 Å². The second kappa shape index (κ2) is 9.74. The minimum Gasteiger partial charge on any atom is -0.424 e. The highest BCUT2D eigenvalue weighted by Crippen LogP contribution is 2.26. The lowest BCUT2D eigenvalue weighted by molar-refractivity contribution is -0.131. The molecule has 6 heteroatoms. The molecule has 1 fully saturated rings. The Kier molecular flexibility index (Phi) is 7.08. The quantitative estimate of drug-likeness (QED) is 0.563. The summed E-state index contributed by atoms with van der Waals surface area (Å²) in [5, 5.41) is 2.74. The zero-order chi connectivity index (χ0) is 21.7. The fourth-order valence-corrected chi connectivity index (χ4v) is 4.30. The molecule has 30 heavy (non-hydrogen) atoms. The molecule has 1 aromatic carbocycles. The third-order valence-corrected chi connectivity index (χ3v) is 5.75. The number of benzene rings is 1.